The Morgan fingerprint density at radius 2 is 1.78 bits per heavy atom. The lowest BCUT2D eigenvalue weighted by molar-refractivity contribution is 0.236. The van der Waals surface area contributed by atoms with Crippen LogP contribution in [0.3, 0.4) is 0 Å². The van der Waals surface area contributed by atoms with Crippen molar-refractivity contribution in [1.82, 2.24) is 9.03 Å². The number of piperidine rings is 1. The van der Waals surface area contributed by atoms with E-state index in [0.717, 1.165) is 0 Å². The van der Waals surface area contributed by atoms with Crippen molar-refractivity contribution in [3.63, 3.8) is 0 Å². The summed E-state index contributed by atoms with van der Waals surface area (Å²) in [5.41, 5.74) is 4.70. The molecule has 0 aromatic carbocycles. The Hall–Kier alpha value is -0.660. The van der Waals surface area contributed by atoms with Gasteiger partial charge < -0.3 is 5.73 Å². The molecule has 0 amide bonds. The molecule has 1 heterocycles. The fourth-order valence-corrected chi connectivity index (χ4v) is 3.51. The first-order valence-corrected chi connectivity index (χ1v) is 7.54. The van der Waals surface area contributed by atoms with Crippen molar-refractivity contribution in [2.45, 2.75) is 46.1 Å². The molecule has 1 saturated heterocycles. The molecule has 0 bridgehead atoms. The van der Waals surface area contributed by atoms with Gasteiger partial charge in [-0.25, -0.2) is 0 Å². The highest BCUT2D eigenvalue weighted by Gasteiger charge is 2.37. The Morgan fingerprint density at radius 3 is 2.11 bits per heavy atom. The molecular weight excluding hydrogens is 252 g/mol. The standard InChI is InChI=1S/C11H24N4O2S/c1-10(2,3)14-18(16,17)15-7-5-11(4,6-8-15)9(12)13/h14H,5-8H2,1-4H3,(H3,12,13). The van der Waals surface area contributed by atoms with Crippen molar-refractivity contribution < 1.29 is 8.42 Å². The molecule has 0 aromatic heterocycles. The molecule has 7 heteroatoms. The molecule has 18 heavy (non-hydrogen) atoms. The van der Waals surface area contributed by atoms with Crippen LogP contribution >= 0.6 is 0 Å². The molecule has 0 atom stereocenters. The summed E-state index contributed by atoms with van der Waals surface area (Å²) in [4.78, 5) is 0. The summed E-state index contributed by atoms with van der Waals surface area (Å²) in [7, 11) is -3.44. The molecule has 1 rings (SSSR count). The van der Waals surface area contributed by atoms with Crippen LogP contribution in [-0.4, -0.2) is 37.2 Å². The van der Waals surface area contributed by atoms with Gasteiger partial charge in [0.1, 0.15) is 0 Å². The van der Waals surface area contributed by atoms with Crippen LogP contribution < -0.4 is 10.5 Å². The van der Waals surface area contributed by atoms with Gasteiger partial charge in [-0.1, -0.05) is 6.92 Å². The topological polar surface area (TPSA) is 99.3 Å². The van der Waals surface area contributed by atoms with E-state index in [2.05, 4.69) is 4.72 Å². The normalized spacial score (nSPS) is 21.8. The first-order chi connectivity index (χ1) is 7.96. The number of hydrogen-bond acceptors (Lipinski definition) is 3. The predicted molar refractivity (Wildman–Crippen MR) is 72.6 cm³/mol. The summed E-state index contributed by atoms with van der Waals surface area (Å²) in [5.74, 6) is 0.142. The summed E-state index contributed by atoms with van der Waals surface area (Å²) in [5, 5.41) is 7.55. The summed E-state index contributed by atoms with van der Waals surface area (Å²) in [6, 6.07) is 0. The maximum atomic E-state index is 12.1. The zero-order valence-electron chi connectivity index (χ0n) is 11.6. The van der Waals surface area contributed by atoms with Gasteiger partial charge >= 0.3 is 0 Å². The van der Waals surface area contributed by atoms with E-state index in [9.17, 15) is 8.42 Å². The molecule has 6 nitrogen and oxygen atoms in total. The predicted octanol–water partition coefficient (Wildman–Crippen LogP) is 0.657. The van der Waals surface area contributed by atoms with E-state index in [1.54, 1.807) is 0 Å². The van der Waals surface area contributed by atoms with Crippen molar-refractivity contribution in [2.24, 2.45) is 11.1 Å². The summed E-state index contributed by atoms with van der Waals surface area (Å²) < 4.78 is 28.3. The van der Waals surface area contributed by atoms with Crippen LogP contribution in [0.4, 0.5) is 0 Å². The molecule has 0 spiro atoms. The average Bonchev–Trinajstić information content (AvgIpc) is 2.14. The molecule has 0 aromatic rings. The van der Waals surface area contributed by atoms with Crippen LogP contribution in [0.5, 0.6) is 0 Å². The van der Waals surface area contributed by atoms with Gasteiger partial charge in [0.05, 0.1) is 5.84 Å². The lowest BCUT2D eigenvalue weighted by Gasteiger charge is -2.38. The van der Waals surface area contributed by atoms with E-state index in [1.165, 1.54) is 4.31 Å². The molecule has 0 aliphatic carbocycles. The number of amidine groups is 1. The van der Waals surface area contributed by atoms with Gasteiger partial charge in [-0.2, -0.15) is 17.4 Å². The zero-order valence-corrected chi connectivity index (χ0v) is 12.4. The highest BCUT2D eigenvalue weighted by atomic mass is 32.2. The number of nitrogens with two attached hydrogens (primary N) is 1. The molecule has 0 saturated carbocycles. The average molecular weight is 276 g/mol. The second-order valence-electron chi connectivity index (χ2n) is 6.23. The van der Waals surface area contributed by atoms with E-state index in [-0.39, 0.29) is 11.3 Å². The van der Waals surface area contributed by atoms with Crippen molar-refractivity contribution in [3.8, 4) is 0 Å². The van der Waals surface area contributed by atoms with Gasteiger partial charge in [0.2, 0.25) is 0 Å². The Balaban J connectivity index is 2.72. The Labute approximate surface area is 110 Å². The summed E-state index contributed by atoms with van der Waals surface area (Å²) in [6.45, 7) is 8.16. The Bertz CT molecular complexity index is 417. The number of nitrogens with one attached hydrogen (secondary N) is 2. The third-order valence-corrected chi connectivity index (χ3v) is 5.17. The van der Waals surface area contributed by atoms with Crippen LogP contribution in [0.15, 0.2) is 0 Å². The number of nitrogens with zero attached hydrogens (tertiary/aromatic N) is 1. The monoisotopic (exact) mass is 276 g/mol. The maximum absolute atomic E-state index is 12.1. The first-order valence-electron chi connectivity index (χ1n) is 6.10. The Morgan fingerprint density at radius 1 is 1.33 bits per heavy atom. The van der Waals surface area contributed by atoms with E-state index >= 15 is 0 Å². The van der Waals surface area contributed by atoms with Gasteiger partial charge in [-0.3, -0.25) is 5.41 Å². The number of hydrogen-bond donors (Lipinski definition) is 3. The van der Waals surface area contributed by atoms with Gasteiger partial charge in [0, 0.05) is 24.0 Å². The fraction of sp³-hybridized carbons (Fsp3) is 0.909. The first kappa shape index (κ1) is 15.4. The molecule has 0 unspecified atom stereocenters. The number of rotatable bonds is 3. The third-order valence-electron chi connectivity index (χ3n) is 3.25. The van der Waals surface area contributed by atoms with E-state index < -0.39 is 15.7 Å². The summed E-state index contributed by atoms with van der Waals surface area (Å²) in [6.07, 6.45) is 1.18. The smallest absolute Gasteiger partial charge is 0.279 e. The van der Waals surface area contributed by atoms with Gasteiger partial charge in [-0.15, -0.1) is 0 Å². The Kier molecular flexibility index (Phi) is 4.10. The molecule has 1 aliphatic heterocycles. The van der Waals surface area contributed by atoms with Crippen LogP contribution in [0.2, 0.25) is 0 Å². The van der Waals surface area contributed by atoms with Crippen LogP contribution in [0, 0.1) is 10.8 Å². The molecule has 0 radical (unpaired) electrons. The van der Waals surface area contributed by atoms with Gasteiger partial charge in [0.15, 0.2) is 0 Å². The zero-order chi connectivity index (χ0) is 14.2. The van der Waals surface area contributed by atoms with Crippen molar-refractivity contribution in [3.05, 3.63) is 0 Å². The second-order valence-corrected chi connectivity index (χ2v) is 7.90. The fourth-order valence-electron chi connectivity index (χ4n) is 1.94. The molecule has 1 fully saturated rings. The molecular formula is C11H24N4O2S. The van der Waals surface area contributed by atoms with Crippen LogP contribution in [0.1, 0.15) is 40.5 Å². The van der Waals surface area contributed by atoms with Crippen LogP contribution in [-0.2, 0) is 10.2 Å². The van der Waals surface area contributed by atoms with Crippen LogP contribution in [0.25, 0.3) is 0 Å². The third kappa shape index (κ3) is 3.66. The highest BCUT2D eigenvalue weighted by molar-refractivity contribution is 7.87. The highest BCUT2D eigenvalue weighted by Crippen LogP contribution is 2.31. The minimum absolute atomic E-state index is 0.142. The molecule has 1 aliphatic rings. The quantitative estimate of drug-likeness (QED) is 0.521. The van der Waals surface area contributed by atoms with Crippen molar-refractivity contribution in [2.75, 3.05) is 13.1 Å². The molecule has 106 valence electrons. The van der Waals surface area contributed by atoms with Crippen molar-refractivity contribution in [1.29, 1.82) is 5.41 Å². The minimum Gasteiger partial charge on any atom is -0.387 e. The van der Waals surface area contributed by atoms with Gasteiger partial charge in [-0.05, 0) is 33.6 Å². The minimum atomic E-state index is -3.44. The van der Waals surface area contributed by atoms with E-state index in [1.807, 2.05) is 27.7 Å². The van der Waals surface area contributed by atoms with Crippen molar-refractivity contribution >= 4 is 16.0 Å². The van der Waals surface area contributed by atoms with E-state index in [4.69, 9.17) is 11.1 Å². The molecule has 4 N–H and O–H groups in total. The van der Waals surface area contributed by atoms with Gasteiger partial charge in [0.25, 0.3) is 10.2 Å². The maximum Gasteiger partial charge on any atom is 0.279 e. The second kappa shape index (κ2) is 4.79. The summed E-state index contributed by atoms with van der Waals surface area (Å²) >= 11 is 0. The lowest BCUT2D eigenvalue weighted by Crippen LogP contribution is -2.53. The SMILES string of the molecule is CC(C)(C)NS(=O)(=O)N1CCC(C)(C(=N)N)CC1. The lowest BCUT2D eigenvalue weighted by atomic mass is 9.80. The largest absolute Gasteiger partial charge is 0.387 e. The van der Waals surface area contributed by atoms with E-state index in [0.29, 0.717) is 25.9 Å².